The van der Waals surface area contributed by atoms with Gasteiger partial charge in [0.25, 0.3) is 0 Å². The lowest BCUT2D eigenvalue weighted by Crippen LogP contribution is -2.30. The summed E-state index contributed by atoms with van der Waals surface area (Å²) in [5.41, 5.74) is 0. The molecule has 0 aliphatic carbocycles. The number of unbranched alkanes of at least 4 members (excludes halogenated alkanes) is 36. The molecule has 0 spiro atoms. The first-order valence-electron chi connectivity index (χ1n) is 33.6. The first kappa shape index (κ1) is 74.6. The average molecular weight is 1090 g/mol. The van der Waals surface area contributed by atoms with Gasteiger partial charge in [0.2, 0.25) is 0 Å². The molecule has 78 heavy (non-hydrogen) atoms. The second-order valence-corrected chi connectivity index (χ2v) is 22.4. The molecule has 0 N–H and O–H groups in total. The van der Waals surface area contributed by atoms with Gasteiger partial charge in [-0.15, -0.1) is 0 Å². The molecule has 6 heteroatoms. The Morgan fingerprint density at radius 2 is 0.500 bits per heavy atom. The molecule has 0 aliphatic heterocycles. The van der Waals surface area contributed by atoms with Crippen molar-refractivity contribution in [2.45, 2.75) is 341 Å². The zero-order chi connectivity index (χ0) is 56.4. The summed E-state index contributed by atoms with van der Waals surface area (Å²) in [5, 5.41) is 0. The van der Waals surface area contributed by atoms with Gasteiger partial charge >= 0.3 is 17.9 Å². The second kappa shape index (κ2) is 66.1. The average Bonchev–Trinajstić information content (AvgIpc) is 3.44. The summed E-state index contributed by atoms with van der Waals surface area (Å²) in [5.74, 6) is -0.868. The molecule has 6 nitrogen and oxygen atoms in total. The van der Waals surface area contributed by atoms with Gasteiger partial charge in [-0.05, 0) is 96.3 Å². The van der Waals surface area contributed by atoms with Crippen LogP contribution in [-0.2, 0) is 28.6 Å². The molecule has 0 heterocycles. The van der Waals surface area contributed by atoms with Gasteiger partial charge in [0.1, 0.15) is 13.2 Å². The van der Waals surface area contributed by atoms with E-state index in [4.69, 9.17) is 14.2 Å². The summed E-state index contributed by atoms with van der Waals surface area (Å²) in [7, 11) is 0. The van der Waals surface area contributed by atoms with Crippen LogP contribution < -0.4 is 0 Å². The number of hydrogen-bond donors (Lipinski definition) is 0. The van der Waals surface area contributed by atoms with Crippen molar-refractivity contribution in [3.8, 4) is 0 Å². The summed E-state index contributed by atoms with van der Waals surface area (Å²) < 4.78 is 16.9. The molecular weight excluding hydrogens is 961 g/mol. The molecule has 0 radical (unpaired) electrons. The smallest absolute Gasteiger partial charge is 0.306 e. The largest absolute Gasteiger partial charge is 0.462 e. The molecule has 450 valence electrons. The maximum absolute atomic E-state index is 12.9. The number of rotatable bonds is 61. The normalized spacial score (nSPS) is 12.6. The summed E-state index contributed by atoms with van der Waals surface area (Å²) in [4.78, 5) is 38.2. The minimum atomic E-state index is -0.777. The van der Waals surface area contributed by atoms with Crippen LogP contribution in [-0.4, -0.2) is 37.2 Å². The maximum atomic E-state index is 12.9. The van der Waals surface area contributed by atoms with Gasteiger partial charge in [-0.3, -0.25) is 14.4 Å². The number of hydrogen-bond acceptors (Lipinski definition) is 6. The van der Waals surface area contributed by atoms with Crippen molar-refractivity contribution in [1.29, 1.82) is 0 Å². The van der Waals surface area contributed by atoms with E-state index in [-0.39, 0.29) is 31.1 Å². The van der Waals surface area contributed by atoms with E-state index in [2.05, 4.69) is 106 Å². The van der Waals surface area contributed by atoms with Crippen molar-refractivity contribution in [1.82, 2.24) is 0 Å². The van der Waals surface area contributed by atoms with Gasteiger partial charge in [0, 0.05) is 19.3 Å². The lowest BCUT2D eigenvalue weighted by molar-refractivity contribution is -0.167. The number of carbonyl (C=O) groups excluding carboxylic acids is 3. The van der Waals surface area contributed by atoms with Crippen LogP contribution in [0.2, 0.25) is 0 Å². The Bertz CT molecular complexity index is 1480. The highest BCUT2D eigenvalue weighted by molar-refractivity contribution is 5.71. The van der Waals surface area contributed by atoms with E-state index in [1.54, 1.807) is 0 Å². The Hall–Kier alpha value is -3.41. The predicted molar refractivity (Wildman–Crippen MR) is 339 cm³/mol. The van der Waals surface area contributed by atoms with E-state index in [0.717, 1.165) is 103 Å². The zero-order valence-corrected chi connectivity index (χ0v) is 51.7. The van der Waals surface area contributed by atoms with Crippen LogP contribution in [0.1, 0.15) is 335 Å². The van der Waals surface area contributed by atoms with Crippen LogP contribution in [0.15, 0.2) is 85.1 Å². The fourth-order valence-corrected chi connectivity index (χ4v) is 9.62. The van der Waals surface area contributed by atoms with Crippen LogP contribution >= 0.6 is 0 Å². The van der Waals surface area contributed by atoms with Crippen LogP contribution in [0, 0.1) is 0 Å². The summed E-state index contributed by atoms with van der Waals surface area (Å²) in [6, 6.07) is 0. The number of allylic oxidation sites excluding steroid dienone is 14. The molecule has 0 saturated heterocycles. The van der Waals surface area contributed by atoms with Crippen LogP contribution in [0.4, 0.5) is 0 Å². The Morgan fingerprint density at radius 1 is 0.269 bits per heavy atom. The van der Waals surface area contributed by atoms with Crippen molar-refractivity contribution < 1.29 is 28.6 Å². The molecule has 1 atom stereocenters. The number of ether oxygens (including phenoxy) is 3. The third-order valence-electron chi connectivity index (χ3n) is 14.6. The van der Waals surface area contributed by atoms with Crippen molar-refractivity contribution >= 4 is 17.9 Å². The highest BCUT2D eigenvalue weighted by Gasteiger charge is 2.19. The van der Waals surface area contributed by atoms with Crippen molar-refractivity contribution in [2.24, 2.45) is 0 Å². The van der Waals surface area contributed by atoms with Gasteiger partial charge in [-0.25, -0.2) is 0 Å². The van der Waals surface area contributed by atoms with E-state index in [1.807, 2.05) is 0 Å². The lowest BCUT2D eigenvalue weighted by atomic mass is 10.0. The van der Waals surface area contributed by atoms with Crippen molar-refractivity contribution in [3.63, 3.8) is 0 Å². The van der Waals surface area contributed by atoms with E-state index >= 15 is 0 Å². The van der Waals surface area contributed by atoms with E-state index < -0.39 is 6.10 Å². The zero-order valence-electron chi connectivity index (χ0n) is 51.7. The van der Waals surface area contributed by atoms with Gasteiger partial charge in [0.05, 0.1) is 0 Å². The van der Waals surface area contributed by atoms with Gasteiger partial charge in [-0.1, -0.05) is 305 Å². The SMILES string of the molecule is CC/C=C\C/C=C\C/C=C\C/C=C\C/C=C\CCCCCCCCCCCCCCCCCCCC(=O)OCC(COC(=O)CCCCCCCCCCCC)OC(=O)CCCCCCCCC/C=C\C/C=C\CCCCC. The standard InChI is InChI=1S/C72H126O6/c1-4-7-10-13-16-19-22-24-26-28-29-30-31-32-33-34-35-36-37-38-39-40-41-42-43-45-46-48-50-53-56-59-62-65-71(74)77-68-69(67-76-70(73)64-61-58-55-52-21-18-15-12-9-6-3)78-72(75)66-63-60-57-54-51-49-47-44-27-25-23-20-17-14-11-8-5-2/h7,10,16-17,19-20,24-27,29-30,32-33,69H,4-6,8-9,11-15,18,21-23,28,31,34-68H2,1-3H3/b10-7-,19-16-,20-17-,26-24-,27-25-,30-29-,33-32-. The van der Waals surface area contributed by atoms with Gasteiger partial charge in [-0.2, -0.15) is 0 Å². The highest BCUT2D eigenvalue weighted by atomic mass is 16.6. The van der Waals surface area contributed by atoms with E-state index in [0.29, 0.717) is 19.3 Å². The fraction of sp³-hybridized carbons (Fsp3) is 0.764. The first-order valence-corrected chi connectivity index (χ1v) is 33.6. The number of carbonyl (C=O) groups is 3. The summed E-state index contributed by atoms with van der Waals surface area (Å²) in [6.45, 7) is 6.52. The van der Waals surface area contributed by atoms with Crippen LogP contribution in [0.5, 0.6) is 0 Å². The molecule has 0 aromatic rings. The fourth-order valence-electron chi connectivity index (χ4n) is 9.62. The highest BCUT2D eigenvalue weighted by Crippen LogP contribution is 2.17. The first-order chi connectivity index (χ1) is 38.5. The molecule has 0 bridgehead atoms. The van der Waals surface area contributed by atoms with E-state index in [9.17, 15) is 14.4 Å². The minimum absolute atomic E-state index is 0.0745. The topological polar surface area (TPSA) is 78.9 Å². The van der Waals surface area contributed by atoms with Gasteiger partial charge < -0.3 is 14.2 Å². The van der Waals surface area contributed by atoms with E-state index in [1.165, 1.54) is 193 Å². The molecule has 0 amide bonds. The second-order valence-electron chi connectivity index (χ2n) is 22.4. The molecule has 0 rings (SSSR count). The Morgan fingerprint density at radius 3 is 0.808 bits per heavy atom. The molecule has 0 fully saturated rings. The number of esters is 3. The monoisotopic (exact) mass is 1090 g/mol. The van der Waals surface area contributed by atoms with Crippen molar-refractivity contribution in [3.05, 3.63) is 85.1 Å². The molecule has 0 aromatic carbocycles. The minimum Gasteiger partial charge on any atom is -0.462 e. The Labute approximate surface area is 484 Å². The molecular formula is C72H126O6. The third-order valence-corrected chi connectivity index (χ3v) is 14.6. The third kappa shape index (κ3) is 63.4. The Balaban J connectivity index is 4.11. The van der Waals surface area contributed by atoms with Gasteiger partial charge in [0.15, 0.2) is 6.10 Å². The van der Waals surface area contributed by atoms with Crippen molar-refractivity contribution in [2.75, 3.05) is 13.2 Å². The predicted octanol–water partition coefficient (Wildman–Crippen LogP) is 23.1. The maximum Gasteiger partial charge on any atom is 0.306 e. The lowest BCUT2D eigenvalue weighted by Gasteiger charge is -2.18. The van der Waals surface area contributed by atoms with Crippen LogP contribution in [0.3, 0.4) is 0 Å². The molecule has 0 aliphatic rings. The summed E-state index contributed by atoms with van der Waals surface area (Å²) >= 11 is 0. The molecule has 0 saturated carbocycles. The van der Waals surface area contributed by atoms with Crippen LogP contribution in [0.25, 0.3) is 0 Å². The molecule has 0 aromatic heterocycles. The quantitative estimate of drug-likeness (QED) is 0.0261. The Kier molecular flexibility index (Phi) is 63.2. The molecule has 1 unspecified atom stereocenters. The summed E-state index contributed by atoms with van der Waals surface area (Å²) in [6.07, 6.45) is 87.5.